The average molecular weight is 835 g/mol. The van der Waals surface area contributed by atoms with Gasteiger partial charge in [0.05, 0.1) is 6.54 Å². The molecule has 49 heavy (non-hydrogen) atoms. The van der Waals surface area contributed by atoms with Gasteiger partial charge in [-0.05, 0) is 58.6 Å². The minimum Gasteiger partial charge on any atom is -0.358 e. The Kier molecular flexibility index (Phi) is 23.1. The number of nitrogens with zero attached hydrogens (tertiary/aromatic N) is 3. The van der Waals surface area contributed by atoms with E-state index in [4.69, 9.17) is 10.3 Å². The van der Waals surface area contributed by atoms with Crippen molar-refractivity contribution in [3.05, 3.63) is 139 Å². The molecule has 0 bridgehead atoms. The first-order valence-electron chi connectivity index (χ1n) is 16.1. The number of hydrazone groups is 1. The van der Waals surface area contributed by atoms with Crippen LogP contribution < -0.4 is 5.48 Å². The van der Waals surface area contributed by atoms with Crippen LogP contribution in [0.3, 0.4) is 0 Å². The number of aryl methyl sites for hydroxylation is 1. The molecular weight excluding hydrogens is 780 g/mol. The number of hydrogen-bond acceptors (Lipinski definition) is 6. The van der Waals surface area contributed by atoms with E-state index in [-0.39, 0.29) is 33.9 Å². The van der Waals surface area contributed by atoms with Gasteiger partial charge in [0.25, 0.3) is 0 Å². The maximum absolute atomic E-state index is 11.7. The number of aldehydes is 1. The Labute approximate surface area is 309 Å². The molecule has 0 aliphatic rings. The van der Waals surface area contributed by atoms with Crippen molar-refractivity contribution in [1.82, 2.24) is 15.4 Å². The topological polar surface area (TPSA) is 85.2 Å². The predicted octanol–water partition coefficient (Wildman–Crippen LogP) is 8.17. The van der Waals surface area contributed by atoms with Gasteiger partial charge in [0, 0.05) is 33.5 Å². The number of hydroxylamine groups is 1. The molecule has 2 N–H and O–H groups in total. The number of nitrogens with one attached hydrogen (secondary N) is 1. The average Bonchev–Trinajstić information content (AvgIpc) is 3.07. The molecule has 0 atom stereocenters. The van der Waals surface area contributed by atoms with Crippen LogP contribution in [0.4, 0.5) is 0 Å². The van der Waals surface area contributed by atoms with Gasteiger partial charge in [-0.25, -0.2) is 5.48 Å². The molecule has 0 aromatic heterocycles. The van der Waals surface area contributed by atoms with Crippen molar-refractivity contribution in [2.24, 2.45) is 5.10 Å². The zero-order valence-electron chi connectivity index (χ0n) is 30.2. The van der Waals surface area contributed by atoms with Crippen molar-refractivity contribution in [1.29, 1.82) is 0 Å². The van der Waals surface area contributed by atoms with Gasteiger partial charge in [-0.2, -0.15) is 41.5 Å². The summed E-state index contributed by atoms with van der Waals surface area (Å²) in [6.07, 6.45) is 4.76. The maximum atomic E-state index is 11.7. The molecule has 0 saturated heterocycles. The normalized spacial score (nSPS) is 10.5. The Hall–Kier alpha value is -3.90. The third-order valence-corrected chi connectivity index (χ3v) is 7.32. The van der Waals surface area contributed by atoms with Gasteiger partial charge < -0.3 is 22.3 Å². The molecule has 0 unspecified atom stereocenters. The van der Waals surface area contributed by atoms with Gasteiger partial charge in [0.2, 0.25) is 6.41 Å². The molecule has 0 spiro atoms. The second-order valence-corrected chi connectivity index (χ2v) is 12.1. The number of amidine groups is 1. The van der Waals surface area contributed by atoms with Crippen LogP contribution in [-0.2, 0) is 55.5 Å². The molecule has 7 nitrogen and oxygen atoms in total. The SMILES string of the molecule is CCN(C=O)/C(CCCc1ccc(-c2cccc(CC=O)c2)cc1)=N\N(C)Cc1ccc(C(C)(C)C)cc1.CNO.[CH3-].[W+2].[c-]1ccccc1. The van der Waals surface area contributed by atoms with Crippen LogP contribution in [0.5, 0.6) is 0 Å². The van der Waals surface area contributed by atoms with E-state index in [0.717, 1.165) is 54.5 Å². The molecule has 0 heterocycles. The van der Waals surface area contributed by atoms with Crippen molar-refractivity contribution >= 4 is 18.5 Å². The molecule has 1 amide bonds. The fraction of sp³-hybridized carbons (Fsp3) is 0.317. The minimum absolute atomic E-state index is 0. The van der Waals surface area contributed by atoms with Crippen LogP contribution in [0.2, 0.25) is 0 Å². The van der Waals surface area contributed by atoms with Gasteiger partial charge in [-0.15, -0.1) is 0 Å². The molecule has 4 aromatic rings. The standard InChI is InChI=1S/C33H41N3O2.C6H5.CH5NO.CH3.W/c1-6-36(25-38)32(34-35(5)24-28-15-19-31(20-16-28)33(2,3)4)12-8-9-26-13-17-29(18-14-26)30-11-7-10-27(23-30)21-22-37;1-2-4-6-5-3-1;1-2-3;;/h7,10-11,13-20,22-23,25H,6,8-9,12,21,24H2,1-5H3;1-5H;2-3H,1H3;1H3;/q;-1;;-1;+2/b34-32-;;;;. The molecule has 4 rings (SSSR count). The predicted molar refractivity (Wildman–Crippen MR) is 200 cm³/mol. The van der Waals surface area contributed by atoms with Crippen LogP contribution in [0.15, 0.2) is 108 Å². The number of rotatable bonds is 12. The molecule has 8 heteroatoms. The molecule has 0 fully saturated rings. The summed E-state index contributed by atoms with van der Waals surface area (Å²) in [7, 11) is 3.39. The van der Waals surface area contributed by atoms with Gasteiger partial charge in [-0.3, -0.25) is 9.80 Å². The quantitative estimate of drug-likeness (QED) is 0.0495. The molecule has 0 radical (unpaired) electrons. The number of amides is 1. The van der Waals surface area contributed by atoms with Crippen molar-refractivity contribution < 1.29 is 35.9 Å². The molecule has 262 valence electrons. The second kappa shape index (κ2) is 25.1. The third kappa shape index (κ3) is 17.4. The Morgan fingerprint density at radius 3 is 1.98 bits per heavy atom. The summed E-state index contributed by atoms with van der Waals surface area (Å²) in [6, 6.07) is 37.9. The summed E-state index contributed by atoms with van der Waals surface area (Å²) in [5, 5.41) is 14.1. The van der Waals surface area contributed by atoms with Crippen LogP contribution in [0.25, 0.3) is 11.1 Å². The summed E-state index contributed by atoms with van der Waals surface area (Å²) in [5.74, 6) is 0.792. The summed E-state index contributed by atoms with van der Waals surface area (Å²) >= 11 is 0. The molecular formula is C41H54N4O3W. The first-order valence-corrected chi connectivity index (χ1v) is 16.1. The fourth-order valence-electron chi connectivity index (χ4n) is 4.81. The van der Waals surface area contributed by atoms with Gasteiger partial charge in [-0.1, -0.05) is 93.6 Å². The largest absolute Gasteiger partial charge is 2.00 e. The molecule has 0 saturated carbocycles. The van der Waals surface area contributed by atoms with E-state index in [1.807, 2.05) is 61.4 Å². The fourth-order valence-corrected chi connectivity index (χ4v) is 4.81. The van der Waals surface area contributed by atoms with Crippen LogP contribution in [-0.4, -0.2) is 54.3 Å². The number of carbonyl (C=O) groups excluding carboxylic acids is 2. The summed E-state index contributed by atoms with van der Waals surface area (Å²) in [5.41, 5.74) is 8.91. The number of carbonyl (C=O) groups is 2. The third-order valence-electron chi connectivity index (χ3n) is 7.32. The maximum Gasteiger partial charge on any atom is 2.00 e. The van der Waals surface area contributed by atoms with E-state index in [9.17, 15) is 9.59 Å². The second-order valence-electron chi connectivity index (χ2n) is 12.1. The van der Waals surface area contributed by atoms with E-state index in [2.05, 4.69) is 87.5 Å². The monoisotopic (exact) mass is 834 g/mol. The first kappa shape index (κ1) is 45.1. The van der Waals surface area contributed by atoms with E-state index in [1.54, 1.807) is 10.4 Å². The van der Waals surface area contributed by atoms with Gasteiger partial charge >= 0.3 is 21.1 Å². The van der Waals surface area contributed by atoms with Crippen molar-refractivity contribution in [2.45, 2.75) is 65.3 Å². The van der Waals surface area contributed by atoms with E-state index in [0.29, 0.717) is 19.5 Å². The van der Waals surface area contributed by atoms with Crippen LogP contribution in [0, 0.1) is 13.5 Å². The van der Waals surface area contributed by atoms with E-state index < -0.39 is 0 Å². The molecule has 4 aromatic carbocycles. The van der Waals surface area contributed by atoms with Crippen molar-refractivity contribution in [2.75, 3.05) is 20.6 Å². The van der Waals surface area contributed by atoms with Crippen LogP contribution in [0.1, 0.15) is 62.8 Å². The Morgan fingerprint density at radius 1 is 0.878 bits per heavy atom. The Balaban J connectivity index is 0.00000183. The zero-order chi connectivity index (χ0) is 34.5. The Morgan fingerprint density at radius 2 is 1.49 bits per heavy atom. The number of benzene rings is 4. The minimum atomic E-state index is 0. The summed E-state index contributed by atoms with van der Waals surface area (Å²) < 4.78 is 0. The first-order chi connectivity index (χ1) is 22.6. The Bertz CT molecular complexity index is 1440. The van der Waals surface area contributed by atoms with Crippen molar-refractivity contribution in [3.63, 3.8) is 0 Å². The van der Waals surface area contributed by atoms with Crippen LogP contribution >= 0.6 is 0 Å². The smallest absolute Gasteiger partial charge is 0.358 e. The zero-order valence-corrected chi connectivity index (χ0v) is 33.2. The van der Waals surface area contributed by atoms with Gasteiger partial charge in [0.15, 0.2) is 0 Å². The van der Waals surface area contributed by atoms with E-state index in [1.165, 1.54) is 23.7 Å². The summed E-state index contributed by atoms with van der Waals surface area (Å²) in [6.45, 7) is 9.89. The molecule has 0 aliphatic heterocycles. The van der Waals surface area contributed by atoms with Crippen molar-refractivity contribution in [3.8, 4) is 11.1 Å². The number of hydrogen-bond donors (Lipinski definition) is 2. The van der Waals surface area contributed by atoms with E-state index >= 15 is 0 Å². The molecule has 0 aliphatic carbocycles. The van der Waals surface area contributed by atoms with Gasteiger partial charge in [0.1, 0.15) is 12.1 Å². The summed E-state index contributed by atoms with van der Waals surface area (Å²) in [4.78, 5) is 24.3.